The molecule has 0 heterocycles. The van der Waals surface area contributed by atoms with Crippen LogP contribution in [0.4, 0.5) is 13.2 Å². The van der Waals surface area contributed by atoms with Crippen molar-refractivity contribution in [2.45, 2.75) is 19.0 Å². The molecule has 2 nitrogen and oxygen atoms in total. The van der Waals surface area contributed by atoms with Gasteiger partial charge in [-0.15, -0.1) is 0 Å². The summed E-state index contributed by atoms with van der Waals surface area (Å²) in [6.07, 6.45) is -4.04. The van der Waals surface area contributed by atoms with Crippen molar-refractivity contribution in [3.05, 3.63) is 0 Å². The monoisotopic (exact) mass is 184 g/mol. The molecule has 0 fully saturated rings. The second-order valence-electron chi connectivity index (χ2n) is 2.81. The van der Waals surface area contributed by atoms with Gasteiger partial charge in [-0.2, -0.15) is 13.2 Å². The second-order valence-corrected chi connectivity index (χ2v) is 2.81. The first-order chi connectivity index (χ1) is 5.45. The standard InChI is InChI=1S/C7H15F3N2/c1-12(5-2-4-11)6-3-7(8,9)10/h2-6,11H2,1H3. The van der Waals surface area contributed by atoms with Crippen molar-refractivity contribution in [1.29, 1.82) is 0 Å². The zero-order valence-corrected chi connectivity index (χ0v) is 7.19. The quantitative estimate of drug-likeness (QED) is 0.696. The highest BCUT2D eigenvalue weighted by Crippen LogP contribution is 2.19. The SMILES string of the molecule is CN(CCCN)CCC(F)(F)F. The summed E-state index contributed by atoms with van der Waals surface area (Å²) in [4.78, 5) is 1.64. The average Bonchev–Trinajstić information content (AvgIpc) is 1.95. The van der Waals surface area contributed by atoms with E-state index in [2.05, 4.69) is 0 Å². The van der Waals surface area contributed by atoms with Gasteiger partial charge in [0.1, 0.15) is 0 Å². The Morgan fingerprint density at radius 2 is 1.83 bits per heavy atom. The van der Waals surface area contributed by atoms with Crippen LogP contribution in [0.5, 0.6) is 0 Å². The largest absolute Gasteiger partial charge is 0.390 e. The van der Waals surface area contributed by atoms with Gasteiger partial charge in [-0.05, 0) is 26.6 Å². The molecule has 0 aliphatic carbocycles. The van der Waals surface area contributed by atoms with Crippen LogP contribution in [0, 0.1) is 0 Å². The lowest BCUT2D eigenvalue weighted by Gasteiger charge is -2.16. The molecule has 0 unspecified atom stereocenters. The van der Waals surface area contributed by atoms with Crippen molar-refractivity contribution in [1.82, 2.24) is 4.90 Å². The van der Waals surface area contributed by atoms with Crippen molar-refractivity contribution in [2.75, 3.05) is 26.7 Å². The van der Waals surface area contributed by atoms with Crippen molar-refractivity contribution in [2.24, 2.45) is 5.73 Å². The molecule has 0 atom stereocenters. The average molecular weight is 184 g/mol. The fourth-order valence-electron chi connectivity index (χ4n) is 0.791. The van der Waals surface area contributed by atoms with Crippen LogP contribution in [-0.4, -0.2) is 37.8 Å². The zero-order chi connectivity index (χ0) is 9.61. The van der Waals surface area contributed by atoms with Crippen molar-refractivity contribution >= 4 is 0 Å². The van der Waals surface area contributed by atoms with E-state index >= 15 is 0 Å². The predicted molar refractivity (Wildman–Crippen MR) is 41.8 cm³/mol. The molecule has 0 bridgehead atoms. The van der Waals surface area contributed by atoms with E-state index in [0.29, 0.717) is 13.1 Å². The molecule has 0 saturated heterocycles. The third kappa shape index (κ3) is 7.81. The van der Waals surface area contributed by atoms with Gasteiger partial charge in [0.05, 0.1) is 6.42 Å². The number of nitrogens with two attached hydrogens (primary N) is 1. The van der Waals surface area contributed by atoms with E-state index in [1.165, 1.54) is 0 Å². The fraction of sp³-hybridized carbons (Fsp3) is 1.00. The van der Waals surface area contributed by atoms with Gasteiger partial charge in [-0.3, -0.25) is 0 Å². The normalized spacial score (nSPS) is 12.5. The van der Waals surface area contributed by atoms with E-state index in [1.807, 2.05) is 0 Å². The maximum absolute atomic E-state index is 11.7. The van der Waals surface area contributed by atoms with E-state index in [4.69, 9.17) is 5.73 Å². The Balaban J connectivity index is 3.37. The van der Waals surface area contributed by atoms with E-state index in [1.54, 1.807) is 11.9 Å². The minimum absolute atomic E-state index is 0.0590. The maximum Gasteiger partial charge on any atom is 0.390 e. The van der Waals surface area contributed by atoms with Crippen molar-refractivity contribution < 1.29 is 13.2 Å². The highest BCUT2D eigenvalue weighted by molar-refractivity contribution is 4.57. The van der Waals surface area contributed by atoms with Crippen LogP contribution in [0.25, 0.3) is 0 Å². The first-order valence-electron chi connectivity index (χ1n) is 3.91. The van der Waals surface area contributed by atoms with Crippen LogP contribution in [0.3, 0.4) is 0 Å². The van der Waals surface area contributed by atoms with Crippen LogP contribution in [0.15, 0.2) is 0 Å². The van der Waals surface area contributed by atoms with Crippen LogP contribution in [0.1, 0.15) is 12.8 Å². The summed E-state index contributed by atoms with van der Waals surface area (Å²) in [5.74, 6) is 0. The summed E-state index contributed by atoms with van der Waals surface area (Å²) in [5, 5.41) is 0. The van der Waals surface area contributed by atoms with E-state index in [0.717, 1.165) is 6.42 Å². The summed E-state index contributed by atoms with van der Waals surface area (Å²) in [7, 11) is 1.67. The molecule has 0 radical (unpaired) electrons. The topological polar surface area (TPSA) is 29.3 Å². The van der Waals surface area contributed by atoms with Gasteiger partial charge < -0.3 is 10.6 Å². The van der Waals surface area contributed by atoms with Gasteiger partial charge >= 0.3 is 6.18 Å². The summed E-state index contributed by atoms with van der Waals surface area (Å²) in [6.45, 7) is 1.21. The van der Waals surface area contributed by atoms with Crippen molar-refractivity contribution in [3.63, 3.8) is 0 Å². The number of alkyl halides is 3. The predicted octanol–water partition coefficient (Wildman–Crippen LogP) is 1.22. The van der Waals surface area contributed by atoms with Crippen LogP contribution >= 0.6 is 0 Å². The lowest BCUT2D eigenvalue weighted by Crippen LogP contribution is -2.26. The van der Waals surface area contributed by atoms with E-state index in [9.17, 15) is 13.2 Å². The molecule has 0 aliphatic heterocycles. The van der Waals surface area contributed by atoms with Crippen LogP contribution in [-0.2, 0) is 0 Å². The molecule has 0 aliphatic rings. The summed E-state index contributed by atoms with van der Waals surface area (Å²) >= 11 is 0. The first kappa shape index (κ1) is 11.7. The van der Waals surface area contributed by atoms with Gasteiger partial charge in [0.2, 0.25) is 0 Å². The summed E-state index contributed by atoms with van der Waals surface area (Å²) in [5.41, 5.74) is 5.21. The van der Waals surface area contributed by atoms with Gasteiger partial charge in [0.25, 0.3) is 0 Å². The molecule has 0 aromatic heterocycles. The molecule has 2 N–H and O–H groups in total. The Labute approximate surface area is 70.5 Å². The Hall–Kier alpha value is -0.290. The molecule has 0 amide bonds. The lowest BCUT2D eigenvalue weighted by atomic mass is 10.3. The summed E-state index contributed by atoms with van der Waals surface area (Å²) in [6, 6.07) is 0. The van der Waals surface area contributed by atoms with E-state index in [-0.39, 0.29) is 6.54 Å². The molecule has 0 rings (SSSR count). The zero-order valence-electron chi connectivity index (χ0n) is 7.19. The van der Waals surface area contributed by atoms with Gasteiger partial charge in [0, 0.05) is 6.54 Å². The number of halogens is 3. The van der Waals surface area contributed by atoms with Gasteiger partial charge in [0.15, 0.2) is 0 Å². The number of hydrogen-bond acceptors (Lipinski definition) is 2. The minimum Gasteiger partial charge on any atom is -0.330 e. The first-order valence-corrected chi connectivity index (χ1v) is 3.91. The Kier molecular flexibility index (Phi) is 5.24. The maximum atomic E-state index is 11.7. The minimum atomic E-state index is -4.04. The molecule has 0 aromatic carbocycles. The second kappa shape index (κ2) is 5.37. The highest BCUT2D eigenvalue weighted by atomic mass is 19.4. The highest BCUT2D eigenvalue weighted by Gasteiger charge is 2.26. The molecule has 0 saturated carbocycles. The Morgan fingerprint density at radius 3 is 2.25 bits per heavy atom. The summed E-state index contributed by atoms with van der Waals surface area (Å²) < 4.78 is 35.1. The molecule has 5 heteroatoms. The number of nitrogens with zero attached hydrogens (tertiary/aromatic N) is 1. The Morgan fingerprint density at radius 1 is 1.25 bits per heavy atom. The molecular weight excluding hydrogens is 169 g/mol. The molecule has 12 heavy (non-hydrogen) atoms. The lowest BCUT2D eigenvalue weighted by molar-refractivity contribution is -0.137. The van der Waals surface area contributed by atoms with Gasteiger partial charge in [-0.1, -0.05) is 0 Å². The van der Waals surface area contributed by atoms with Crippen molar-refractivity contribution in [3.8, 4) is 0 Å². The van der Waals surface area contributed by atoms with Crippen LogP contribution in [0.2, 0.25) is 0 Å². The van der Waals surface area contributed by atoms with E-state index < -0.39 is 12.6 Å². The third-order valence-electron chi connectivity index (χ3n) is 1.52. The molecule has 74 valence electrons. The van der Waals surface area contributed by atoms with Crippen LogP contribution < -0.4 is 5.73 Å². The van der Waals surface area contributed by atoms with Gasteiger partial charge in [-0.25, -0.2) is 0 Å². The number of hydrogen-bond donors (Lipinski definition) is 1. The molecule has 0 aromatic rings. The smallest absolute Gasteiger partial charge is 0.330 e. The number of rotatable bonds is 5. The third-order valence-corrected chi connectivity index (χ3v) is 1.52. The molecular formula is C7H15F3N2. The Bertz CT molecular complexity index is 114. The fourth-order valence-corrected chi connectivity index (χ4v) is 0.791. The molecule has 0 spiro atoms.